The molecule has 20 heavy (non-hydrogen) atoms. The van der Waals surface area contributed by atoms with E-state index in [1.807, 2.05) is 0 Å². The minimum atomic E-state index is 0.459. The highest BCUT2D eigenvalue weighted by molar-refractivity contribution is 5.14. The van der Waals surface area contributed by atoms with Gasteiger partial charge in [-0.25, -0.2) is 0 Å². The number of hydrogen-bond donors (Lipinski definition) is 1. The van der Waals surface area contributed by atoms with Gasteiger partial charge in [-0.1, -0.05) is 30.3 Å². The topological polar surface area (TPSA) is 24.5 Å². The fourth-order valence-electron chi connectivity index (χ4n) is 2.84. The molecule has 1 aliphatic heterocycles. The Morgan fingerprint density at radius 2 is 1.95 bits per heavy atom. The third-order valence-corrected chi connectivity index (χ3v) is 3.93. The number of ether oxygens (including phenoxy) is 1. The summed E-state index contributed by atoms with van der Waals surface area (Å²) < 4.78 is 5.46. The minimum absolute atomic E-state index is 0.459. The number of nitrogens with zero attached hydrogens (tertiary/aromatic N) is 1. The SMILES string of the molecule is CCOCC(C)NC1CCN(Cc2ccccc2)CC1. The Labute approximate surface area is 123 Å². The minimum Gasteiger partial charge on any atom is -0.380 e. The standard InChI is InChI=1S/C17H28N2O/c1-3-20-14-15(2)18-17-9-11-19(12-10-17)13-16-7-5-4-6-8-16/h4-8,15,17-18H,3,9-14H2,1-2H3. The van der Waals surface area contributed by atoms with Crippen LogP contribution in [0.1, 0.15) is 32.3 Å². The molecule has 0 aromatic heterocycles. The zero-order chi connectivity index (χ0) is 14.2. The fraction of sp³-hybridized carbons (Fsp3) is 0.647. The lowest BCUT2D eigenvalue weighted by atomic mass is 10.0. The molecule has 0 radical (unpaired) electrons. The molecule has 1 heterocycles. The van der Waals surface area contributed by atoms with Gasteiger partial charge in [0.2, 0.25) is 0 Å². The van der Waals surface area contributed by atoms with Gasteiger partial charge in [-0.05, 0) is 45.3 Å². The smallest absolute Gasteiger partial charge is 0.0616 e. The zero-order valence-electron chi connectivity index (χ0n) is 12.8. The van der Waals surface area contributed by atoms with E-state index >= 15 is 0 Å². The third kappa shape index (κ3) is 5.23. The highest BCUT2D eigenvalue weighted by atomic mass is 16.5. The maximum atomic E-state index is 5.46. The molecule has 1 N–H and O–H groups in total. The van der Waals surface area contributed by atoms with Gasteiger partial charge < -0.3 is 10.1 Å². The molecule has 0 aliphatic carbocycles. The summed E-state index contributed by atoms with van der Waals surface area (Å²) in [4.78, 5) is 2.56. The lowest BCUT2D eigenvalue weighted by Crippen LogP contribution is -2.46. The number of nitrogens with one attached hydrogen (secondary N) is 1. The lowest BCUT2D eigenvalue weighted by molar-refractivity contribution is 0.114. The molecular weight excluding hydrogens is 248 g/mol. The molecule has 0 amide bonds. The molecule has 0 saturated carbocycles. The van der Waals surface area contributed by atoms with Crippen molar-refractivity contribution in [1.82, 2.24) is 10.2 Å². The molecule has 1 saturated heterocycles. The van der Waals surface area contributed by atoms with Crippen LogP contribution in [0.5, 0.6) is 0 Å². The third-order valence-electron chi connectivity index (χ3n) is 3.93. The second-order valence-electron chi connectivity index (χ2n) is 5.76. The number of likely N-dealkylation sites (tertiary alicyclic amines) is 1. The molecule has 1 unspecified atom stereocenters. The Bertz CT molecular complexity index is 361. The van der Waals surface area contributed by atoms with E-state index in [4.69, 9.17) is 4.74 Å². The van der Waals surface area contributed by atoms with Crippen LogP contribution in [0.15, 0.2) is 30.3 Å². The van der Waals surface area contributed by atoms with Crippen molar-refractivity contribution in [3.05, 3.63) is 35.9 Å². The first kappa shape index (κ1) is 15.5. The molecule has 2 rings (SSSR count). The summed E-state index contributed by atoms with van der Waals surface area (Å²) >= 11 is 0. The van der Waals surface area contributed by atoms with E-state index < -0.39 is 0 Å². The summed E-state index contributed by atoms with van der Waals surface area (Å²) in [6.07, 6.45) is 2.48. The average Bonchev–Trinajstić information content (AvgIpc) is 2.48. The highest BCUT2D eigenvalue weighted by Crippen LogP contribution is 2.14. The van der Waals surface area contributed by atoms with Crippen LogP contribution >= 0.6 is 0 Å². The number of hydrogen-bond acceptors (Lipinski definition) is 3. The van der Waals surface area contributed by atoms with Gasteiger partial charge in [0.25, 0.3) is 0 Å². The van der Waals surface area contributed by atoms with Gasteiger partial charge in [-0.15, -0.1) is 0 Å². The van der Waals surface area contributed by atoms with E-state index in [9.17, 15) is 0 Å². The second kappa shape index (κ2) is 8.40. The average molecular weight is 276 g/mol. The quantitative estimate of drug-likeness (QED) is 0.828. The van der Waals surface area contributed by atoms with E-state index in [2.05, 4.69) is 54.4 Å². The Morgan fingerprint density at radius 1 is 1.25 bits per heavy atom. The van der Waals surface area contributed by atoms with E-state index in [0.717, 1.165) is 19.8 Å². The summed E-state index contributed by atoms with van der Waals surface area (Å²) in [7, 11) is 0. The molecule has 1 aromatic carbocycles. The Hall–Kier alpha value is -0.900. The predicted octanol–water partition coefficient (Wildman–Crippen LogP) is 2.67. The van der Waals surface area contributed by atoms with E-state index in [-0.39, 0.29) is 0 Å². The second-order valence-corrected chi connectivity index (χ2v) is 5.76. The van der Waals surface area contributed by atoms with Crippen LogP contribution in [-0.2, 0) is 11.3 Å². The normalized spacial score (nSPS) is 19.1. The first-order valence-corrected chi connectivity index (χ1v) is 7.88. The molecule has 3 heteroatoms. The van der Waals surface area contributed by atoms with Crippen molar-refractivity contribution in [2.75, 3.05) is 26.3 Å². The molecule has 112 valence electrons. The molecule has 1 aromatic rings. The molecule has 1 fully saturated rings. The summed E-state index contributed by atoms with van der Waals surface area (Å²) in [5.41, 5.74) is 1.42. The summed E-state index contributed by atoms with van der Waals surface area (Å²) in [5.74, 6) is 0. The maximum absolute atomic E-state index is 5.46. The fourth-order valence-corrected chi connectivity index (χ4v) is 2.84. The summed E-state index contributed by atoms with van der Waals surface area (Å²) in [6, 6.07) is 11.9. The molecule has 1 aliphatic rings. The lowest BCUT2D eigenvalue weighted by Gasteiger charge is -2.34. The Morgan fingerprint density at radius 3 is 2.60 bits per heavy atom. The van der Waals surface area contributed by atoms with Crippen molar-refractivity contribution < 1.29 is 4.74 Å². The van der Waals surface area contributed by atoms with Crippen molar-refractivity contribution in [3.63, 3.8) is 0 Å². The molecule has 0 spiro atoms. The van der Waals surface area contributed by atoms with Gasteiger partial charge in [-0.3, -0.25) is 4.90 Å². The van der Waals surface area contributed by atoms with Gasteiger partial charge in [0.05, 0.1) is 6.61 Å². The maximum Gasteiger partial charge on any atom is 0.0616 e. The van der Waals surface area contributed by atoms with Crippen molar-refractivity contribution in [1.29, 1.82) is 0 Å². The summed E-state index contributed by atoms with van der Waals surface area (Å²) in [6.45, 7) is 9.35. The Balaban J connectivity index is 1.67. The van der Waals surface area contributed by atoms with Gasteiger partial charge in [0.1, 0.15) is 0 Å². The first-order valence-electron chi connectivity index (χ1n) is 7.88. The zero-order valence-corrected chi connectivity index (χ0v) is 12.8. The van der Waals surface area contributed by atoms with E-state index in [1.165, 1.54) is 31.5 Å². The number of piperidine rings is 1. The van der Waals surface area contributed by atoms with Crippen LogP contribution in [-0.4, -0.2) is 43.3 Å². The van der Waals surface area contributed by atoms with Crippen LogP contribution < -0.4 is 5.32 Å². The van der Waals surface area contributed by atoms with Crippen molar-refractivity contribution in [2.45, 2.75) is 45.3 Å². The number of benzene rings is 1. The molecule has 1 atom stereocenters. The monoisotopic (exact) mass is 276 g/mol. The largest absolute Gasteiger partial charge is 0.380 e. The van der Waals surface area contributed by atoms with Gasteiger partial charge >= 0.3 is 0 Å². The van der Waals surface area contributed by atoms with Crippen LogP contribution in [0.25, 0.3) is 0 Å². The van der Waals surface area contributed by atoms with Gasteiger partial charge in [-0.2, -0.15) is 0 Å². The highest BCUT2D eigenvalue weighted by Gasteiger charge is 2.20. The van der Waals surface area contributed by atoms with Crippen molar-refractivity contribution in [2.24, 2.45) is 0 Å². The molecule has 0 bridgehead atoms. The first-order chi connectivity index (χ1) is 9.78. The van der Waals surface area contributed by atoms with Crippen molar-refractivity contribution in [3.8, 4) is 0 Å². The van der Waals surface area contributed by atoms with Crippen molar-refractivity contribution >= 4 is 0 Å². The number of rotatable bonds is 7. The molecular formula is C17H28N2O. The van der Waals surface area contributed by atoms with E-state index in [1.54, 1.807) is 0 Å². The van der Waals surface area contributed by atoms with Crippen LogP contribution in [0, 0.1) is 0 Å². The molecule has 3 nitrogen and oxygen atoms in total. The van der Waals surface area contributed by atoms with E-state index in [0.29, 0.717) is 12.1 Å². The predicted molar refractivity (Wildman–Crippen MR) is 83.8 cm³/mol. The van der Waals surface area contributed by atoms with Gasteiger partial charge in [0.15, 0.2) is 0 Å². The van der Waals surface area contributed by atoms with Gasteiger partial charge in [0, 0.05) is 25.2 Å². The van der Waals surface area contributed by atoms with Crippen LogP contribution in [0.3, 0.4) is 0 Å². The Kier molecular flexibility index (Phi) is 6.51. The van der Waals surface area contributed by atoms with Crippen LogP contribution in [0.4, 0.5) is 0 Å². The van der Waals surface area contributed by atoms with Crippen LogP contribution in [0.2, 0.25) is 0 Å². The summed E-state index contributed by atoms with van der Waals surface area (Å²) in [5, 5.41) is 3.69.